The molecule has 234 valence electrons. The SMILES string of the molecule is COC(=O)c1ccc(N2CC[C@H]3[C@@H](C2=O)[C@H](c2cccc(Cl)c2F)[C@]2(C(=O)Nc4cc(Cl)ccc42)N3CC(C)C)c([N+](=O)[O-])c1. The summed E-state index contributed by atoms with van der Waals surface area (Å²) in [6.45, 7) is 4.48. The van der Waals surface area contributed by atoms with Crippen molar-refractivity contribution in [3.8, 4) is 0 Å². The number of hydrogen-bond donors (Lipinski definition) is 1. The normalized spacial score (nSPS) is 24.2. The molecule has 13 heteroatoms. The quantitative estimate of drug-likeness (QED) is 0.192. The van der Waals surface area contributed by atoms with Gasteiger partial charge in [-0.05, 0) is 48.2 Å². The summed E-state index contributed by atoms with van der Waals surface area (Å²) >= 11 is 12.6. The third kappa shape index (κ3) is 4.67. The van der Waals surface area contributed by atoms with Gasteiger partial charge in [-0.25, -0.2) is 9.18 Å². The van der Waals surface area contributed by atoms with E-state index >= 15 is 4.39 Å². The number of carbonyl (C=O) groups is 3. The van der Waals surface area contributed by atoms with Gasteiger partial charge < -0.3 is 15.0 Å². The molecular weight excluding hydrogens is 626 g/mol. The number of nitro benzene ring substituents is 1. The maximum Gasteiger partial charge on any atom is 0.338 e. The Morgan fingerprint density at radius 3 is 2.62 bits per heavy atom. The molecular formula is C32H29Cl2FN4O6. The van der Waals surface area contributed by atoms with Crippen molar-refractivity contribution >= 4 is 58.0 Å². The van der Waals surface area contributed by atoms with Crippen molar-refractivity contribution in [3.05, 3.63) is 97.3 Å². The molecule has 2 amide bonds. The average molecular weight is 656 g/mol. The first-order chi connectivity index (χ1) is 21.4. The van der Waals surface area contributed by atoms with E-state index in [1.54, 1.807) is 24.3 Å². The van der Waals surface area contributed by atoms with Gasteiger partial charge in [0.15, 0.2) is 0 Å². The summed E-state index contributed by atoms with van der Waals surface area (Å²) in [6.07, 6.45) is 0.329. The number of rotatable bonds is 6. The van der Waals surface area contributed by atoms with E-state index in [9.17, 15) is 24.5 Å². The highest BCUT2D eigenvalue weighted by atomic mass is 35.5. The van der Waals surface area contributed by atoms with E-state index in [-0.39, 0.29) is 34.3 Å². The van der Waals surface area contributed by atoms with Crippen LogP contribution in [0.25, 0.3) is 0 Å². The molecule has 3 aromatic carbocycles. The zero-order valence-electron chi connectivity index (χ0n) is 24.6. The lowest BCUT2D eigenvalue weighted by molar-refractivity contribution is -0.384. The molecule has 3 heterocycles. The third-order valence-corrected chi connectivity index (χ3v) is 9.55. The molecule has 3 aliphatic rings. The first-order valence-corrected chi connectivity index (χ1v) is 15.2. The topological polar surface area (TPSA) is 122 Å². The van der Waals surface area contributed by atoms with Crippen molar-refractivity contribution in [1.29, 1.82) is 0 Å². The molecule has 0 unspecified atom stereocenters. The number of fused-ring (bicyclic) bond motifs is 3. The highest BCUT2D eigenvalue weighted by molar-refractivity contribution is 6.31. The molecule has 3 aromatic rings. The summed E-state index contributed by atoms with van der Waals surface area (Å²) in [6, 6.07) is 12.8. The van der Waals surface area contributed by atoms with Crippen LogP contribution >= 0.6 is 23.2 Å². The predicted molar refractivity (Wildman–Crippen MR) is 166 cm³/mol. The molecule has 10 nitrogen and oxygen atoms in total. The first kappa shape index (κ1) is 30.9. The average Bonchev–Trinajstić information content (AvgIpc) is 3.45. The first-order valence-electron chi connectivity index (χ1n) is 14.4. The number of piperidine rings is 1. The Balaban J connectivity index is 1.59. The third-order valence-electron chi connectivity index (χ3n) is 9.03. The number of nitrogens with one attached hydrogen (secondary N) is 1. The van der Waals surface area contributed by atoms with Gasteiger partial charge in [0, 0.05) is 47.4 Å². The van der Waals surface area contributed by atoms with Gasteiger partial charge in [0.1, 0.15) is 17.0 Å². The number of amides is 2. The number of halogens is 3. The maximum atomic E-state index is 16.1. The van der Waals surface area contributed by atoms with E-state index < -0.39 is 57.6 Å². The van der Waals surface area contributed by atoms with Crippen LogP contribution in [0, 0.1) is 27.8 Å². The summed E-state index contributed by atoms with van der Waals surface area (Å²) in [5, 5.41) is 15.4. The lowest BCUT2D eigenvalue weighted by Crippen LogP contribution is -2.54. The second-order valence-electron chi connectivity index (χ2n) is 11.9. The highest BCUT2D eigenvalue weighted by Gasteiger charge is 2.69. The number of esters is 1. The molecule has 45 heavy (non-hydrogen) atoms. The van der Waals surface area contributed by atoms with E-state index in [1.807, 2.05) is 18.7 Å². The van der Waals surface area contributed by atoms with Crippen molar-refractivity contribution < 1.29 is 28.4 Å². The Bertz CT molecular complexity index is 1770. The van der Waals surface area contributed by atoms with E-state index in [1.165, 1.54) is 29.2 Å². The van der Waals surface area contributed by atoms with Gasteiger partial charge in [-0.2, -0.15) is 0 Å². The van der Waals surface area contributed by atoms with E-state index in [0.29, 0.717) is 29.2 Å². The van der Waals surface area contributed by atoms with Crippen LogP contribution in [0.2, 0.25) is 10.0 Å². The van der Waals surface area contributed by atoms with Gasteiger partial charge in [0.05, 0.1) is 28.5 Å². The Morgan fingerprint density at radius 2 is 1.93 bits per heavy atom. The standard InChI is InChI=1S/C32H29Cl2FN4O6/c1-16(2)15-38-24-11-12-37(23-10-7-17(30(41)45-3)13-25(23)39(43)44)29(40)26(24)27(19-5-4-6-21(34)28(19)35)32(38)20-9-8-18(33)14-22(20)36-31(32)42/h4-10,13-14,16,24,26-27H,11-12,15H2,1-3H3,(H,36,42)/t24-,26+,27-,32+/m0/s1. The molecule has 1 N–H and O–H groups in total. The van der Waals surface area contributed by atoms with Crippen LogP contribution in [0.3, 0.4) is 0 Å². The van der Waals surface area contributed by atoms with Crippen LogP contribution in [0.1, 0.15) is 47.7 Å². The number of likely N-dealkylation sites (tertiary alicyclic amines) is 1. The Morgan fingerprint density at radius 1 is 1.18 bits per heavy atom. The zero-order valence-corrected chi connectivity index (χ0v) is 26.1. The fourth-order valence-corrected chi connectivity index (χ4v) is 7.78. The predicted octanol–water partition coefficient (Wildman–Crippen LogP) is 6.15. The fraction of sp³-hybridized carbons (Fsp3) is 0.344. The fourth-order valence-electron chi connectivity index (χ4n) is 7.43. The number of ether oxygens (including phenoxy) is 1. The number of nitrogens with zero attached hydrogens (tertiary/aromatic N) is 3. The van der Waals surface area contributed by atoms with Crippen LogP contribution in [0.4, 0.5) is 21.5 Å². The molecule has 3 aliphatic heterocycles. The van der Waals surface area contributed by atoms with Gasteiger partial charge in [-0.3, -0.25) is 24.6 Å². The molecule has 2 fully saturated rings. The van der Waals surface area contributed by atoms with Gasteiger partial charge in [0.25, 0.3) is 5.69 Å². The molecule has 4 atom stereocenters. The van der Waals surface area contributed by atoms with Crippen LogP contribution < -0.4 is 10.2 Å². The van der Waals surface area contributed by atoms with Crippen LogP contribution in [0.5, 0.6) is 0 Å². The lowest BCUT2D eigenvalue weighted by atomic mass is 9.70. The van der Waals surface area contributed by atoms with E-state index in [0.717, 1.165) is 13.2 Å². The second-order valence-corrected chi connectivity index (χ2v) is 12.7. The van der Waals surface area contributed by atoms with Crippen molar-refractivity contribution in [2.45, 2.75) is 37.8 Å². The Kier molecular flexibility index (Phi) is 7.83. The Hall–Kier alpha value is -4.06. The summed E-state index contributed by atoms with van der Waals surface area (Å²) < 4.78 is 20.8. The molecule has 0 radical (unpaired) electrons. The van der Waals surface area contributed by atoms with Crippen LogP contribution in [-0.4, -0.2) is 53.8 Å². The number of carbonyl (C=O) groups excluding carboxylic acids is 3. The van der Waals surface area contributed by atoms with Crippen LogP contribution in [-0.2, 0) is 19.9 Å². The maximum absolute atomic E-state index is 16.1. The summed E-state index contributed by atoms with van der Waals surface area (Å²) in [4.78, 5) is 56.1. The molecule has 2 saturated heterocycles. The molecule has 0 aromatic heterocycles. The van der Waals surface area contributed by atoms with Crippen molar-refractivity contribution in [2.75, 3.05) is 30.4 Å². The minimum Gasteiger partial charge on any atom is -0.465 e. The Labute approximate surface area is 268 Å². The number of benzene rings is 3. The summed E-state index contributed by atoms with van der Waals surface area (Å²) in [5.41, 5.74) is -0.921. The lowest BCUT2D eigenvalue weighted by Gasteiger charge is -2.41. The molecule has 0 saturated carbocycles. The minimum atomic E-state index is -1.52. The zero-order chi connectivity index (χ0) is 32.4. The molecule has 1 spiro atoms. The van der Waals surface area contributed by atoms with Gasteiger partial charge in [-0.1, -0.05) is 55.2 Å². The number of hydrogen-bond acceptors (Lipinski definition) is 7. The molecule has 6 rings (SSSR count). The molecule has 0 aliphatic carbocycles. The van der Waals surface area contributed by atoms with Gasteiger partial charge in [0.2, 0.25) is 11.8 Å². The summed E-state index contributed by atoms with van der Waals surface area (Å²) in [5.74, 6) is -4.46. The number of nitro groups is 1. The van der Waals surface area contributed by atoms with Crippen LogP contribution in [0.15, 0.2) is 54.6 Å². The van der Waals surface area contributed by atoms with Crippen molar-refractivity contribution in [1.82, 2.24) is 4.90 Å². The monoisotopic (exact) mass is 654 g/mol. The van der Waals surface area contributed by atoms with Crippen molar-refractivity contribution in [3.63, 3.8) is 0 Å². The smallest absolute Gasteiger partial charge is 0.338 e. The molecule has 0 bridgehead atoms. The van der Waals surface area contributed by atoms with E-state index in [2.05, 4.69) is 5.32 Å². The van der Waals surface area contributed by atoms with E-state index in [4.69, 9.17) is 27.9 Å². The highest BCUT2D eigenvalue weighted by Crippen LogP contribution is 2.62. The number of anilines is 2. The van der Waals surface area contributed by atoms with Gasteiger partial charge >= 0.3 is 5.97 Å². The summed E-state index contributed by atoms with van der Waals surface area (Å²) in [7, 11) is 1.16. The van der Waals surface area contributed by atoms with Crippen molar-refractivity contribution in [2.24, 2.45) is 11.8 Å². The number of methoxy groups -OCH3 is 1. The minimum absolute atomic E-state index is 0.0131. The largest absolute Gasteiger partial charge is 0.465 e. The second kappa shape index (κ2) is 11.4. The van der Waals surface area contributed by atoms with Gasteiger partial charge in [-0.15, -0.1) is 0 Å².